The molecule has 0 radical (unpaired) electrons. The Labute approximate surface area is 179 Å². The average molecular weight is 430 g/mol. The molecular weight excluding hydrogens is 398 g/mol. The van der Waals surface area contributed by atoms with Gasteiger partial charge in [0.15, 0.2) is 0 Å². The second-order valence-corrected chi connectivity index (χ2v) is 9.67. The SMILES string of the molecule is CCc1ccc(CC)c(CNC(=O)c2cccc(S(=O)(=O)N3CCN(C)CC3)c2)c1. The van der Waals surface area contributed by atoms with Crippen LogP contribution < -0.4 is 5.32 Å². The number of nitrogens with one attached hydrogen (secondary N) is 1. The van der Waals surface area contributed by atoms with Crippen LogP contribution in [-0.2, 0) is 29.4 Å². The van der Waals surface area contributed by atoms with Gasteiger partial charge in [-0.05, 0) is 54.8 Å². The summed E-state index contributed by atoms with van der Waals surface area (Å²) in [5.74, 6) is -0.269. The first kappa shape index (κ1) is 22.5. The molecule has 30 heavy (non-hydrogen) atoms. The highest BCUT2D eigenvalue weighted by Gasteiger charge is 2.27. The number of benzene rings is 2. The van der Waals surface area contributed by atoms with Gasteiger partial charge in [0.05, 0.1) is 4.90 Å². The number of sulfonamides is 1. The first-order valence-corrected chi connectivity index (χ1v) is 12.0. The molecule has 0 bridgehead atoms. The maximum absolute atomic E-state index is 13.0. The molecule has 1 N–H and O–H groups in total. The van der Waals surface area contributed by atoms with Crippen molar-refractivity contribution in [2.75, 3.05) is 33.2 Å². The summed E-state index contributed by atoms with van der Waals surface area (Å²) in [7, 11) is -1.62. The van der Waals surface area contributed by atoms with Gasteiger partial charge in [-0.2, -0.15) is 4.31 Å². The fraction of sp³-hybridized carbons (Fsp3) is 0.435. The van der Waals surface area contributed by atoms with Crippen LogP contribution in [-0.4, -0.2) is 56.8 Å². The van der Waals surface area contributed by atoms with E-state index in [9.17, 15) is 13.2 Å². The Balaban J connectivity index is 1.74. The van der Waals surface area contributed by atoms with Gasteiger partial charge in [0, 0.05) is 38.3 Å². The Kier molecular flexibility index (Phi) is 7.28. The topological polar surface area (TPSA) is 69.7 Å². The summed E-state index contributed by atoms with van der Waals surface area (Å²) in [5.41, 5.74) is 3.90. The normalized spacial score (nSPS) is 15.8. The predicted molar refractivity (Wildman–Crippen MR) is 119 cm³/mol. The standard InChI is InChI=1S/C23H31N3O3S/c1-4-18-9-10-19(5-2)21(15-18)17-24-23(27)20-7-6-8-22(16-20)30(28,29)26-13-11-25(3)12-14-26/h6-10,15-16H,4-5,11-14,17H2,1-3H3,(H,24,27). The minimum absolute atomic E-state index is 0.168. The number of amides is 1. The number of carbonyl (C=O) groups excluding carboxylic acids is 1. The van der Waals surface area contributed by atoms with E-state index < -0.39 is 10.0 Å². The van der Waals surface area contributed by atoms with Crippen molar-refractivity contribution in [3.8, 4) is 0 Å². The maximum atomic E-state index is 13.0. The molecule has 0 spiro atoms. The summed E-state index contributed by atoms with van der Waals surface area (Å²) in [5, 5.41) is 2.95. The van der Waals surface area contributed by atoms with Crippen LogP contribution >= 0.6 is 0 Å². The molecule has 2 aromatic rings. The van der Waals surface area contributed by atoms with E-state index in [1.807, 2.05) is 7.05 Å². The lowest BCUT2D eigenvalue weighted by Crippen LogP contribution is -2.47. The number of hydrogen-bond acceptors (Lipinski definition) is 4. The van der Waals surface area contributed by atoms with E-state index >= 15 is 0 Å². The van der Waals surface area contributed by atoms with Gasteiger partial charge in [-0.3, -0.25) is 4.79 Å². The molecule has 0 aliphatic carbocycles. The van der Waals surface area contributed by atoms with Crippen LogP contribution in [0, 0.1) is 0 Å². The van der Waals surface area contributed by atoms with Crippen LogP contribution in [0.2, 0.25) is 0 Å². The second-order valence-electron chi connectivity index (χ2n) is 7.73. The monoisotopic (exact) mass is 429 g/mol. The van der Waals surface area contributed by atoms with Crippen molar-refractivity contribution < 1.29 is 13.2 Å². The van der Waals surface area contributed by atoms with E-state index in [-0.39, 0.29) is 10.8 Å². The first-order valence-electron chi connectivity index (χ1n) is 10.5. The van der Waals surface area contributed by atoms with Crippen molar-refractivity contribution in [3.63, 3.8) is 0 Å². The zero-order valence-electron chi connectivity index (χ0n) is 18.0. The van der Waals surface area contributed by atoms with Crippen LogP contribution in [0.1, 0.15) is 40.9 Å². The van der Waals surface area contributed by atoms with E-state index in [4.69, 9.17) is 0 Å². The van der Waals surface area contributed by atoms with Gasteiger partial charge < -0.3 is 10.2 Å². The molecule has 1 saturated heterocycles. The quantitative estimate of drug-likeness (QED) is 0.735. The molecule has 7 heteroatoms. The Morgan fingerprint density at radius 1 is 0.967 bits per heavy atom. The van der Waals surface area contributed by atoms with Crippen LogP contribution in [0.15, 0.2) is 47.4 Å². The lowest BCUT2D eigenvalue weighted by atomic mass is 10.0. The third-order valence-electron chi connectivity index (χ3n) is 5.70. The fourth-order valence-electron chi connectivity index (χ4n) is 3.66. The van der Waals surface area contributed by atoms with Gasteiger partial charge in [0.25, 0.3) is 5.91 Å². The van der Waals surface area contributed by atoms with Gasteiger partial charge in [-0.1, -0.05) is 38.1 Å². The van der Waals surface area contributed by atoms with E-state index in [0.717, 1.165) is 18.4 Å². The van der Waals surface area contributed by atoms with Gasteiger partial charge >= 0.3 is 0 Å². The lowest BCUT2D eigenvalue weighted by Gasteiger charge is -2.31. The Morgan fingerprint density at radius 3 is 2.37 bits per heavy atom. The van der Waals surface area contributed by atoms with Gasteiger partial charge in [0.2, 0.25) is 10.0 Å². The Hall–Kier alpha value is -2.22. The Morgan fingerprint density at radius 2 is 1.70 bits per heavy atom. The summed E-state index contributed by atoms with van der Waals surface area (Å²) >= 11 is 0. The van der Waals surface area contributed by atoms with Crippen LogP contribution in [0.4, 0.5) is 0 Å². The molecule has 0 atom stereocenters. The minimum atomic E-state index is -3.60. The van der Waals surface area contributed by atoms with E-state index in [2.05, 4.69) is 42.3 Å². The number of aryl methyl sites for hydroxylation is 2. The predicted octanol–water partition coefficient (Wildman–Crippen LogP) is 2.68. The largest absolute Gasteiger partial charge is 0.348 e. The Bertz CT molecular complexity index is 997. The molecule has 1 heterocycles. The molecule has 2 aromatic carbocycles. The number of hydrogen-bond donors (Lipinski definition) is 1. The van der Waals surface area contributed by atoms with Gasteiger partial charge in [0.1, 0.15) is 0 Å². The van der Waals surface area contributed by atoms with Crippen molar-refractivity contribution >= 4 is 15.9 Å². The maximum Gasteiger partial charge on any atom is 0.251 e. The molecular formula is C23H31N3O3S. The summed E-state index contributed by atoms with van der Waals surface area (Å²) in [6.07, 6.45) is 1.84. The number of likely N-dealkylation sites (N-methyl/N-ethyl adjacent to an activating group) is 1. The molecule has 0 saturated carbocycles. The van der Waals surface area contributed by atoms with Crippen LogP contribution in [0.25, 0.3) is 0 Å². The van der Waals surface area contributed by atoms with Crippen LogP contribution in [0.3, 0.4) is 0 Å². The zero-order valence-corrected chi connectivity index (χ0v) is 18.8. The minimum Gasteiger partial charge on any atom is -0.348 e. The number of nitrogens with zero attached hydrogens (tertiary/aromatic N) is 2. The number of piperazine rings is 1. The fourth-order valence-corrected chi connectivity index (χ4v) is 5.13. The molecule has 1 aliphatic rings. The summed E-state index contributed by atoms with van der Waals surface area (Å²) in [6.45, 7) is 6.96. The molecule has 1 amide bonds. The first-order chi connectivity index (χ1) is 14.3. The molecule has 0 unspecified atom stereocenters. The van der Waals surface area contributed by atoms with Crippen molar-refractivity contribution in [3.05, 3.63) is 64.7 Å². The van der Waals surface area contributed by atoms with Crippen molar-refractivity contribution in [1.29, 1.82) is 0 Å². The van der Waals surface area contributed by atoms with E-state index in [1.165, 1.54) is 21.5 Å². The van der Waals surface area contributed by atoms with Crippen molar-refractivity contribution in [2.24, 2.45) is 0 Å². The van der Waals surface area contributed by atoms with Crippen molar-refractivity contribution in [2.45, 2.75) is 38.1 Å². The molecule has 1 fully saturated rings. The number of carbonyl (C=O) groups is 1. The number of rotatable bonds is 7. The summed E-state index contributed by atoms with van der Waals surface area (Å²) in [4.78, 5) is 15.0. The molecule has 1 aliphatic heterocycles. The third-order valence-corrected chi connectivity index (χ3v) is 7.59. The molecule has 0 aromatic heterocycles. The van der Waals surface area contributed by atoms with Crippen molar-refractivity contribution in [1.82, 2.24) is 14.5 Å². The highest BCUT2D eigenvalue weighted by Crippen LogP contribution is 2.19. The highest BCUT2D eigenvalue weighted by atomic mass is 32.2. The van der Waals surface area contributed by atoms with Crippen LogP contribution in [0.5, 0.6) is 0 Å². The average Bonchev–Trinajstić information content (AvgIpc) is 2.77. The lowest BCUT2D eigenvalue weighted by molar-refractivity contribution is 0.0950. The molecule has 6 nitrogen and oxygen atoms in total. The van der Waals surface area contributed by atoms with E-state index in [1.54, 1.807) is 18.2 Å². The summed E-state index contributed by atoms with van der Waals surface area (Å²) < 4.78 is 27.4. The third kappa shape index (κ3) is 5.09. The second kappa shape index (κ2) is 9.73. The van der Waals surface area contributed by atoms with E-state index in [0.29, 0.717) is 38.3 Å². The smallest absolute Gasteiger partial charge is 0.251 e. The van der Waals surface area contributed by atoms with Gasteiger partial charge in [-0.25, -0.2) is 8.42 Å². The zero-order chi connectivity index (χ0) is 21.7. The highest BCUT2D eigenvalue weighted by molar-refractivity contribution is 7.89. The van der Waals surface area contributed by atoms with Gasteiger partial charge in [-0.15, -0.1) is 0 Å². The molecule has 162 valence electrons. The molecule has 3 rings (SSSR count). The summed E-state index contributed by atoms with van der Waals surface area (Å²) in [6, 6.07) is 12.7.